The number of hydrogen-bond donors (Lipinski definition) is 2. The first kappa shape index (κ1) is 15.7. The van der Waals surface area contributed by atoms with Crippen LogP contribution in [0.2, 0.25) is 0 Å². The number of oxazole rings is 1. The third-order valence-corrected chi connectivity index (χ3v) is 4.40. The van der Waals surface area contributed by atoms with Crippen LogP contribution in [-0.4, -0.2) is 33.0 Å². The van der Waals surface area contributed by atoms with Crippen LogP contribution in [0.3, 0.4) is 0 Å². The molecule has 0 spiro atoms. The average molecular weight is 309 g/mol. The lowest BCUT2D eigenvalue weighted by molar-refractivity contribution is 0.521. The lowest BCUT2D eigenvalue weighted by atomic mass is 10.2. The number of hydrogen-bond acceptors (Lipinski definition) is 5. The fourth-order valence-electron chi connectivity index (χ4n) is 1.83. The number of nitrogens with zero attached hydrogens (tertiary/aromatic N) is 1. The van der Waals surface area contributed by atoms with E-state index in [1.807, 2.05) is 6.92 Å². The zero-order valence-corrected chi connectivity index (χ0v) is 12.9. The van der Waals surface area contributed by atoms with E-state index in [1.54, 1.807) is 37.5 Å². The first-order valence-corrected chi connectivity index (χ1v) is 8.24. The van der Waals surface area contributed by atoms with E-state index in [9.17, 15) is 8.42 Å². The number of nitrogens with one attached hydrogen (secondary N) is 2. The Kier molecular flexibility index (Phi) is 5.11. The van der Waals surface area contributed by atoms with Crippen molar-refractivity contribution in [2.45, 2.75) is 18.7 Å². The summed E-state index contributed by atoms with van der Waals surface area (Å²) in [6.07, 6.45) is 1.55. The highest BCUT2D eigenvalue weighted by Gasteiger charge is 2.13. The smallest absolute Gasteiger partial charge is 0.240 e. The van der Waals surface area contributed by atoms with Crippen LogP contribution in [-0.2, 0) is 10.0 Å². The SMILES string of the molecule is CCNCCNS(=O)(=O)c1ccc(-c2coc(C)n2)cc1. The van der Waals surface area contributed by atoms with Crippen molar-refractivity contribution in [3.05, 3.63) is 36.4 Å². The van der Waals surface area contributed by atoms with Crippen LogP contribution in [0.25, 0.3) is 11.3 Å². The third-order valence-electron chi connectivity index (χ3n) is 2.92. The second kappa shape index (κ2) is 6.84. The van der Waals surface area contributed by atoms with Crippen LogP contribution < -0.4 is 10.0 Å². The highest BCUT2D eigenvalue weighted by Crippen LogP contribution is 2.20. The van der Waals surface area contributed by atoms with Crippen LogP contribution in [0, 0.1) is 6.92 Å². The zero-order chi connectivity index (χ0) is 15.3. The van der Waals surface area contributed by atoms with Gasteiger partial charge in [0, 0.05) is 25.6 Å². The average Bonchev–Trinajstić information content (AvgIpc) is 2.90. The molecule has 0 aliphatic heterocycles. The Bertz CT molecular complexity index is 678. The van der Waals surface area contributed by atoms with E-state index in [4.69, 9.17) is 4.42 Å². The molecular weight excluding hydrogens is 290 g/mol. The summed E-state index contributed by atoms with van der Waals surface area (Å²) in [5.74, 6) is 0.576. The van der Waals surface area contributed by atoms with Crippen molar-refractivity contribution in [2.75, 3.05) is 19.6 Å². The van der Waals surface area contributed by atoms with Gasteiger partial charge in [-0.05, 0) is 18.7 Å². The molecular formula is C14H19N3O3S. The van der Waals surface area contributed by atoms with Crippen LogP contribution in [0.4, 0.5) is 0 Å². The van der Waals surface area contributed by atoms with Crippen molar-refractivity contribution in [3.8, 4) is 11.3 Å². The summed E-state index contributed by atoms with van der Waals surface area (Å²) in [6, 6.07) is 6.57. The minimum Gasteiger partial charge on any atom is -0.449 e. The molecule has 0 amide bonds. The summed E-state index contributed by atoms with van der Waals surface area (Å²) >= 11 is 0. The summed E-state index contributed by atoms with van der Waals surface area (Å²) in [7, 11) is -3.47. The van der Waals surface area contributed by atoms with E-state index < -0.39 is 10.0 Å². The molecule has 7 heteroatoms. The van der Waals surface area contributed by atoms with E-state index in [0.717, 1.165) is 12.1 Å². The van der Waals surface area contributed by atoms with E-state index in [1.165, 1.54) is 0 Å². The van der Waals surface area contributed by atoms with E-state index in [0.29, 0.717) is 24.7 Å². The molecule has 0 fully saturated rings. The molecule has 1 heterocycles. The summed E-state index contributed by atoms with van der Waals surface area (Å²) in [5, 5.41) is 3.06. The Morgan fingerprint density at radius 3 is 2.48 bits per heavy atom. The van der Waals surface area contributed by atoms with Gasteiger partial charge in [-0.1, -0.05) is 19.1 Å². The van der Waals surface area contributed by atoms with Gasteiger partial charge >= 0.3 is 0 Å². The topological polar surface area (TPSA) is 84.2 Å². The minimum absolute atomic E-state index is 0.239. The summed E-state index contributed by atoms with van der Waals surface area (Å²) in [4.78, 5) is 4.44. The normalized spacial score (nSPS) is 11.7. The largest absolute Gasteiger partial charge is 0.449 e. The van der Waals surface area contributed by atoms with Gasteiger partial charge in [0.15, 0.2) is 5.89 Å². The van der Waals surface area contributed by atoms with Gasteiger partial charge in [0.2, 0.25) is 10.0 Å². The highest BCUT2D eigenvalue weighted by molar-refractivity contribution is 7.89. The van der Waals surface area contributed by atoms with Gasteiger partial charge in [-0.25, -0.2) is 18.1 Å². The predicted molar refractivity (Wildman–Crippen MR) is 80.4 cm³/mol. The molecule has 0 aliphatic carbocycles. The summed E-state index contributed by atoms with van der Waals surface area (Å²) < 4.78 is 31.8. The lowest BCUT2D eigenvalue weighted by Crippen LogP contribution is -2.31. The maximum atomic E-state index is 12.1. The fraction of sp³-hybridized carbons (Fsp3) is 0.357. The molecule has 0 saturated heterocycles. The van der Waals surface area contributed by atoms with Crippen molar-refractivity contribution in [2.24, 2.45) is 0 Å². The number of rotatable bonds is 7. The van der Waals surface area contributed by atoms with Gasteiger partial charge in [-0.2, -0.15) is 0 Å². The van der Waals surface area contributed by atoms with Gasteiger partial charge in [0.05, 0.1) is 4.90 Å². The molecule has 0 bridgehead atoms. The molecule has 0 saturated carbocycles. The van der Waals surface area contributed by atoms with Crippen molar-refractivity contribution in [1.29, 1.82) is 0 Å². The quantitative estimate of drug-likeness (QED) is 0.758. The molecule has 1 aromatic heterocycles. The molecule has 2 N–H and O–H groups in total. The molecule has 0 atom stereocenters. The van der Waals surface area contributed by atoms with Gasteiger partial charge < -0.3 is 9.73 Å². The first-order valence-electron chi connectivity index (χ1n) is 6.76. The standard InChI is InChI=1S/C14H19N3O3S/c1-3-15-8-9-16-21(18,19)13-6-4-12(5-7-13)14-10-20-11(2)17-14/h4-7,10,15-16H,3,8-9H2,1-2H3. The molecule has 2 rings (SSSR count). The third kappa shape index (κ3) is 4.13. The molecule has 6 nitrogen and oxygen atoms in total. The van der Waals surface area contributed by atoms with Crippen molar-refractivity contribution >= 4 is 10.0 Å². The van der Waals surface area contributed by atoms with E-state index in [2.05, 4.69) is 15.0 Å². The van der Waals surface area contributed by atoms with Crippen LogP contribution in [0.15, 0.2) is 39.8 Å². The number of sulfonamides is 1. The van der Waals surface area contributed by atoms with Gasteiger partial charge in [-0.15, -0.1) is 0 Å². The Morgan fingerprint density at radius 1 is 1.19 bits per heavy atom. The minimum atomic E-state index is -3.47. The van der Waals surface area contributed by atoms with Crippen LogP contribution in [0.5, 0.6) is 0 Å². The summed E-state index contributed by atoms with van der Waals surface area (Å²) in [6.45, 7) is 5.51. The zero-order valence-electron chi connectivity index (χ0n) is 12.1. The Balaban J connectivity index is 2.07. The van der Waals surface area contributed by atoms with Gasteiger partial charge in [0.1, 0.15) is 12.0 Å². The molecule has 0 aliphatic rings. The second-order valence-electron chi connectivity index (χ2n) is 4.53. The lowest BCUT2D eigenvalue weighted by Gasteiger charge is -2.07. The number of aryl methyl sites for hydroxylation is 1. The molecule has 21 heavy (non-hydrogen) atoms. The summed E-state index contributed by atoms with van der Waals surface area (Å²) in [5.41, 5.74) is 1.51. The Hall–Kier alpha value is -1.70. The Labute approximate surface area is 124 Å². The maximum Gasteiger partial charge on any atom is 0.240 e. The molecule has 114 valence electrons. The van der Waals surface area contributed by atoms with Crippen LogP contribution in [0.1, 0.15) is 12.8 Å². The molecule has 0 unspecified atom stereocenters. The number of benzene rings is 1. The number of likely N-dealkylation sites (N-methyl/N-ethyl adjacent to an activating group) is 1. The maximum absolute atomic E-state index is 12.1. The fourth-order valence-corrected chi connectivity index (χ4v) is 2.87. The predicted octanol–water partition coefficient (Wildman–Crippen LogP) is 1.54. The van der Waals surface area contributed by atoms with E-state index in [-0.39, 0.29) is 4.90 Å². The van der Waals surface area contributed by atoms with Gasteiger partial charge in [-0.3, -0.25) is 0 Å². The number of aromatic nitrogens is 1. The molecule has 0 radical (unpaired) electrons. The Morgan fingerprint density at radius 2 is 1.90 bits per heavy atom. The van der Waals surface area contributed by atoms with Crippen molar-refractivity contribution in [3.63, 3.8) is 0 Å². The second-order valence-corrected chi connectivity index (χ2v) is 6.29. The molecule has 2 aromatic rings. The van der Waals surface area contributed by atoms with Crippen LogP contribution >= 0.6 is 0 Å². The van der Waals surface area contributed by atoms with Crippen molar-refractivity contribution in [1.82, 2.24) is 15.0 Å². The molecule has 1 aromatic carbocycles. The van der Waals surface area contributed by atoms with E-state index >= 15 is 0 Å². The van der Waals surface area contributed by atoms with Crippen molar-refractivity contribution < 1.29 is 12.8 Å². The highest BCUT2D eigenvalue weighted by atomic mass is 32.2. The monoisotopic (exact) mass is 309 g/mol. The first-order chi connectivity index (χ1) is 10.0. The van der Waals surface area contributed by atoms with Gasteiger partial charge in [0.25, 0.3) is 0 Å².